The summed E-state index contributed by atoms with van der Waals surface area (Å²) in [6.45, 7) is 10.4. The molecule has 0 saturated carbocycles. The van der Waals surface area contributed by atoms with Crippen LogP contribution >= 0.6 is 0 Å². The first-order valence-electron chi connectivity index (χ1n) is 7.83. The molecule has 1 fully saturated rings. The van der Waals surface area contributed by atoms with E-state index in [2.05, 4.69) is 54.4 Å². The summed E-state index contributed by atoms with van der Waals surface area (Å²) in [6.07, 6.45) is 5.45. The number of hydrogen-bond acceptors (Lipinski definition) is 2. The van der Waals surface area contributed by atoms with Crippen molar-refractivity contribution in [2.75, 3.05) is 26.2 Å². The van der Waals surface area contributed by atoms with Crippen molar-refractivity contribution in [1.82, 2.24) is 10.2 Å². The third-order valence-electron chi connectivity index (χ3n) is 3.44. The molecule has 1 aliphatic heterocycles. The molecule has 2 nitrogen and oxygen atoms in total. The first-order valence-corrected chi connectivity index (χ1v) is 7.83. The molecule has 0 bridgehead atoms. The van der Waals surface area contributed by atoms with Crippen LogP contribution in [0.1, 0.15) is 45.1 Å². The molecule has 1 aromatic carbocycles. The Labute approximate surface area is 119 Å². The van der Waals surface area contributed by atoms with Gasteiger partial charge in [0.2, 0.25) is 0 Å². The first-order chi connectivity index (χ1) is 9.36. The lowest BCUT2D eigenvalue weighted by atomic mass is 10.2. The minimum Gasteiger partial charge on any atom is -0.317 e. The van der Waals surface area contributed by atoms with Crippen LogP contribution in [0.5, 0.6) is 0 Å². The van der Waals surface area contributed by atoms with Gasteiger partial charge in [0.25, 0.3) is 0 Å². The molecule has 2 rings (SSSR count). The number of benzene rings is 1. The Morgan fingerprint density at radius 1 is 1.00 bits per heavy atom. The van der Waals surface area contributed by atoms with Crippen LogP contribution in [0.25, 0.3) is 0 Å². The van der Waals surface area contributed by atoms with Gasteiger partial charge in [-0.3, -0.25) is 4.90 Å². The Balaban J connectivity index is 0.000000250. The highest BCUT2D eigenvalue weighted by atomic mass is 15.1. The molecule has 0 atom stereocenters. The lowest BCUT2D eigenvalue weighted by molar-refractivity contribution is 0.280. The van der Waals surface area contributed by atoms with Crippen LogP contribution in [0.2, 0.25) is 0 Å². The molecule has 0 radical (unpaired) electrons. The van der Waals surface area contributed by atoms with E-state index in [0.717, 1.165) is 13.1 Å². The maximum absolute atomic E-state index is 3.28. The molecule has 0 spiro atoms. The molecular weight excluding hydrogens is 232 g/mol. The smallest absolute Gasteiger partial charge is 0.0233 e. The fraction of sp³-hybridized carbons (Fsp3) is 0.647. The average molecular weight is 262 g/mol. The summed E-state index contributed by atoms with van der Waals surface area (Å²) in [5.74, 6) is 0. The summed E-state index contributed by atoms with van der Waals surface area (Å²) in [6, 6.07) is 10.7. The number of nitrogens with one attached hydrogen (secondary N) is 1. The highest BCUT2D eigenvalue weighted by Gasteiger charge is 2.00. The lowest BCUT2D eigenvalue weighted by Gasteiger charge is -2.19. The molecule has 1 saturated heterocycles. The van der Waals surface area contributed by atoms with Gasteiger partial charge in [0.1, 0.15) is 0 Å². The summed E-state index contributed by atoms with van der Waals surface area (Å²) in [4.78, 5) is 2.47. The van der Waals surface area contributed by atoms with Gasteiger partial charge in [0.15, 0.2) is 0 Å². The minimum atomic E-state index is 1.09. The largest absolute Gasteiger partial charge is 0.317 e. The second-order valence-corrected chi connectivity index (χ2v) is 5.17. The van der Waals surface area contributed by atoms with Gasteiger partial charge in [-0.2, -0.15) is 0 Å². The normalized spacial score (nSPS) is 14.9. The van der Waals surface area contributed by atoms with Gasteiger partial charge in [0.05, 0.1) is 0 Å². The van der Waals surface area contributed by atoms with Crippen molar-refractivity contribution >= 4 is 0 Å². The van der Waals surface area contributed by atoms with Crippen LogP contribution in [0.3, 0.4) is 0 Å². The standard InChI is InChI=1S/C12H19N.C5H11N/c1-3-10-13(4-2)11-12-8-6-5-7-9-12;1-2-4-6-5-3-1/h5-9H,3-4,10-11H2,1-2H3;6H,1-5H2. The van der Waals surface area contributed by atoms with Gasteiger partial charge in [-0.05, 0) is 51.0 Å². The average Bonchev–Trinajstić information content (AvgIpc) is 2.50. The molecular formula is C17H30N2. The van der Waals surface area contributed by atoms with E-state index in [1.807, 2.05) is 0 Å². The molecule has 0 amide bonds. The summed E-state index contributed by atoms with van der Waals surface area (Å²) in [7, 11) is 0. The molecule has 1 aliphatic rings. The van der Waals surface area contributed by atoms with E-state index >= 15 is 0 Å². The van der Waals surface area contributed by atoms with E-state index in [0.29, 0.717) is 0 Å². The van der Waals surface area contributed by atoms with Gasteiger partial charge in [-0.15, -0.1) is 0 Å². The molecule has 0 aromatic heterocycles. The zero-order valence-electron chi connectivity index (χ0n) is 12.7. The lowest BCUT2D eigenvalue weighted by Crippen LogP contribution is -2.23. The Morgan fingerprint density at radius 2 is 1.68 bits per heavy atom. The summed E-state index contributed by atoms with van der Waals surface area (Å²) in [5, 5.41) is 3.28. The Morgan fingerprint density at radius 3 is 2.11 bits per heavy atom. The molecule has 2 heteroatoms. The molecule has 0 unspecified atom stereocenters. The number of hydrogen-bond donors (Lipinski definition) is 1. The predicted octanol–water partition coefficient (Wildman–Crippen LogP) is 3.68. The van der Waals surface area contributed by atoms with Crippen LogP contribution < -0.4 is 5.32 Å². The fourth-order valence-corrected chi connectivity index (χ4v) is 2.31. The summed E-state index contributed by atoms with van der Waals surface area (Å²) in [5.41, 5.74) is 1.41. The van der Waals surface area contributed by atoms with Crippen molar-refractivity contribution in [2.24, 2.45) is 0 Å². The second kappa shape index (κ2) is 11.0. The van der Waals surface area contributed by atoms with Crippen molar-refractivity contribution < 1.29 is 0 Å². The van der Waals surface area contributed by atoms with E-state index in [1.165, 1.54) is 50.9 Å². The van der Waals surface area contributed by atoms with E-state index in [9.17, 15) is 0 Å². The number of rotatable bonds is 5. The van der Waals surface area contributed by atoms with Crippen molar-refractivity contribution in [3.63, 3.8) is 0 Å². The van der Waals surface area contributed by atoms with Crippen LogP contribution in [0.4, 0.5) is 0 Å². The van der Waals surface area contributed by atoms with Crippen molar-refractivity contribution in [3.8, 4) is 0 Å². The van der Waals surface area contributed by atoms with Crippen LogP contribution in [-0.2, 0) is 6.54 Å². The fourth-order valence-electron chi connectivity index (χ4n) is 2.31. The Kier molecular flexibility index (Phi) is 9.38. The van der Waals surface area contributed by atoms with Crippen LogP contribution in [-0.4, -0.2) is 31.1 Å². The Hall–Kier alpha value is -0.860. The number of piperidine rings is 1. The zero-order chi connectivity index (χ0) is 13.8. The topological polar surface area (TPSA) is 15.3 Å². The predicted molar refractivity (Wildman–Crippen MR) is 84.4 cm³/mol. The summed E-state index contributed by atoms with van der Waals surface area (Å²) < 4.78 is 0. The van der Waals surface area contributed by atoms with Gasteiger partial charge in [-0.25, -0.2) is 0 Å². The van der Waals surface area contributed by atoms with E-state index in [1.54, 1.807) is 0 Å². The molecule has 1 heterocycles. The molecule has 1 aromatic rings. The van der Waals surface area contributed by atoms with Crippen molar-refractivity contribution in [2.45, 2.75) is 46.1 Å². The van der Waals surface area contributed by atoms with Gasteiger partial charge in [0, 0.05) is 6.54 Å². The zero-order valence-corrected chi connectivity index (χ0v) is 12.7. The highest BCUT2D eigenvalue weighted by Crippen LogP contribution is 2.04. The molecule has 19 heavy (non-hydrogen) atoms. The van der Waals surface area contributed by atoms with Crippen LogP contribution in [0.15, 0.2) is 30.3 Å². The third kappa shape index (κ3) is 8.02. The molecule has 1 N–H and O–H groups in total. The Bertz CT molecular complexity index is 282. The van der Waals surface area contributed by atoms with Crippen LogP contribution in [0, 0.1) is 0 Å². The summed E-state index contributed by atoms with van der Waals surface area (Å²) >= 11 is 0. The van der Waals surface area contributed by atoms with Gasteiger partial charge in [-0.1, -0.05) is 50.6 Å². The second-order valence-electron chi connectivity index (χ2n) is 5.17. The first kappa shape index (κ1) is 16.2. The van der Waals surface area contributed by atoms with Gasteiger partial charge < -0.3 is 5.32 Å². The SMILES string of the molecule is C1CCNCC1.CCCN(CC)Cc1ccccc1. The van der Waals surface area contributed by atoms with E-state index in [4.69, 9.17) is 0 Å². The van der Waals surface area contributed by atoms with Crippen molar-refractivity contribution in [3.05, 3.63) is 35.9 Å². The highest BCUT2D eigenvalue weighted by molar-refractivity contribution is 5.14. The number of nitrogens with zero attached hydrogens (tertiary/aromatic N) is 1. The molecule has 108 valence electrons. The van der Waals surface area contributed by atoms with E-state index < -0.39 is 0 Å². The maximum Gasteiger partial charge on any atom is 0.0233 e. The molecule has 0 aliphatic carbocycles. The maximum atomic E-state index is 3.28. The minimum absolute atomic E-state index is 1.09. The monoisotopic (exact) mass is 262 g/mol. The quantitative estimate of drug-likeness (QED) is 0.871. The van der Waals surface area contributed by atoms with Gasteiger partial charge >= 0.3 is 0 Å². The van der Waals surface area contributed by atoms with Crippen molar-refractivity contribution in [1.29, 1.82) is 0 Å². The van der Waals surface area contributed by atoms with E-state index in [-0.39, 0.29) is 0 Å². The third-order valence-corrected chi connectivity index (χ3v) is 3.44.